The second kappa shape index (κ2) is 7.23. The van der Waals surface area contributed by atoms with Crippen LogP contribution in [0.5, 0.6) is 0 Å². The van der Waals surface area contributed by atoms with Gasteiger partial charge in [-0.1, -0.05) is 30.3 Å². The maximum atomic E-state index is 10.9. The van der Waals surface area contributed by atoms with Crippen LogP contribution in [0.1, 0.15) is 22.7 Å². The van der Waals surface area contributed by atoms with Crippen LogP contribution in [0.2, 0.25) is 0 Å². The van der Waals surface area contributed by atoms with Gasteiger partial charge in [0.25, 0.3) is 5.69 Å². The highest BCUT2D eigenvalue weighted by Crippen LogP contribution is 2.29. The number of rotatable bonds is 5. The fourth-order valence-corrected chi connectivity index (χ4v) is 2.58. The highest BCUT2D eigenvalue weighted by atomic mass is 16.6. The van der Waals surface area contributed by atoms with Gasteiger partial charge in [-0.15, -0.1) is 0 Å². The van der Waals surface area contributed by atoms with E-state index in [1.807, 2.05) is 48.5 Å². The van der Waals surface area contributed by atoms with E-state index in [9.17, 15) is 15.4 Å². The fourth-order valence-electron chi connectivity index (χ4n) is 2.58. The summed E-state index contributed by atoms with van der Waals surface area (Å²) in [5, 5.41) is 23.6. The van der Waals surface area contributed by atoms with E-state index in [0.29, 0.717) is 5.69 Å². The molecule has 0 aliphatic rings. The second-order valence-corrected chi connectivity index (χ2v) is 5.37. The summed E-state index contributed by atoms with van der Waals surface area (Å²) in [5.74, 6) is 0. The van der Waals surface area contributed by atoms with E-state index in [1.165, 1.54) is 12.1 Å². The lowest BCUT2D eigenvalue weighted by atomic mass is 9.99. The van der Waals surface area contributed by atoms with Gasteiger partial charge < -0.3 is 5.32 Å². The minimum atomic E-state index is -0.512. The maximum Gasteiger partial charge on any atom is 0.270 e. The van der Waals surface area contributed by atoms with Gasteiger partial charge in [0.15, 0.2) is 0 Å². The van der Waals surface area contributed by atoms with Crippen molar-refractivity contribution in [2.24, 2.45) is 0 Å². The van der Waals surface area contributed by atoms with Crippen molar-refractivity contribution in [1.82, 2.24) is 4.98 Å². The van der Waals surface area contributed by atoms with Crippen molar-refractivity contribution in [1.29, 1.82) is 5.26 Å². The van der Waals surface area contributed by atoms with Gasteiger partial charge in [0.2, 0.25) is 0 Å². The summed E-state index contributed by atoms with van der Waals surface area (Å²) in [4.78, 5) is 14.4. The molecule has 0 radical (unpaired) electrons. The van der Waals surface area contributed by atoms with E-state index < -0.39 is 4.92 Å². The van der Waals surface area contributed by atoms with Crippen molar-refractivity contribution in [2.45, 2.75) is 6.04 Å². The van der Waals surface area contributed by atoms with Gasteiger partial charge in [0, 0.05) is 24.5 Å². The van der Waals surface area contributed by atoms with E-state index in [4.69, 9.17) is 0 Å². The van der Waals surface area contributed by atoms with Crippen LogP contribution in [0.25, 0.3) is 0 Å². The summed E-state index contributed by atoms with van der Waals surface area (Å²) in [6.07, 6.45) is 3.40. The normalized spacial score (nSPS) is 11.3. The van der Waals surface area contributed by atoms with Crippen LogP contribution in [0.15, 0.2) is 73.1 Å². The van der Waals surface area contributed by atoms with E-state index >= 15 is 0 Å². The molecule has 0 saturated heterocycles. The van der Waals surface area contributed by atoms with Gasteiger partial charge in [-0.2, -0.15) is 5.26 Å². The minimum absolute atomic E-state index is 0.109. The van der Waals surface area contributed by atoms with Gasteiger partial charge in [-0.05, 0) is 29.3 Å². The monoisotopic (exact) mass is 330 g/mol. The van der Waals surface area contributed by atoms with Crippen LogP contribution in [0.4, 0.5) is 11.4 Å². The lowest BCUT2D eigenvalue weighted by molar-refractivity contribution is -0.384. The fraction of sp³-hybridized carbons (Fsp3) is 0.0526. The van der Waals surface area contributed by atoms with Crippen molar-refractivity contribution in [3.63, 3.8) is 0 Å². The third-order valence-corrected chi connectivity index (χ3v) is 3.81. The van der Waals surface area contributed by atoms with Crippen molar-refractivity contribution in [3.05, 3.63) is 99.9 Å². The number of pyridine rings is 1. The molecule has 1 heterocycles. The molecule has 122 valence electrons. The van der Waals surface area contributed by atoms with Gasteiger partial charge in [0.05, 0.1) is 22.2 Å². The molecule has 3 rings (SSSR count). The Kier molecular flexibility index (Phi) is 4.67. The second-order valence-electron chi connectivity index (χ2n) is 5.37. The summed E-state index contributed by atoms with van der Waals surface area (Å²) in [6, 6.07) is 19.6. The largest absolute Gasteiger partial charge is 0.373 e. The molecule has 0 aliphatic heterocycles. The lowest BCUT2D eigenvalue weighted by Crippen LogP contribution is -2.13. The third kappa shape index (κ3) is 3.62. The number of nitrogens with one attached hydrogen (secondary N) is 1. The van der Waals surface area contributed by atoms with Gasteiger partial charge in [-0.25, -0.2) is 0 Å². The van der Waals surface area contributed by atoms with E-state index in [0.717, 1.165) is 11.1 Å². The van der Waals surface area contributed by atoms with Crippen LogP contribution in [0.3, 0.4) is 0 Å². The number of anilines is 1. The summed E-state index contributed by atoms with van der Waals surface area (Å²) in [5.41, 5.74) is 2.64. The van der Waals surface area contributed by atoms with Crippen LogP contribution >= 0.6 is 0 Å². The first-order valence-corrected chi connectivity index (χ1v) is 7.59. The van der Waals surface area contributed by atoms with Crippen LogP contribution in [-0.4, -0.2) is 9.91 Å². The molecule has 1 atom stereocenters. The Labute approximate surface area is 144 Å². The van der Waals surface area contributed by atoms with Crippen molar-refractivity contribution < 1.29 is 4.92 Å². The number of hydrogen-bond acceptors (Lipinski definition) is 5. The number of non-ortho nitro benzene ring substituents is 1. The van der Waals surface area contributed by atoms with Crippen LogP contribution in [-0.2, 0) is 0 Å². The Balaban J connectivity index is 2.02. The highest BCUT2D eigenvalue weighted by Gasteiger charge is 2.17. The number of benzene rings is 2. The van der Waals surface area contributed by atoms with Crippen LogP contribution < -0.4 is 5.32 Å². The van der Waals surface area contributed by atoms with Gasteiger partial charge >= 0.3 is 0 Å². The van der Waals surface area contributed by atoms with Crippen molar-refractivity contribution >= 4 is 11.4 Å². The van der Waals surface area contributed by atoms with Crippen molar-refractivity contribution in [3.8, 4) is 6.07 Å². The molecule has 2 aromatic carbocycles. The van der Waals surface area contributed by atoms with E-state index in [-0.39, 0.29) is 17.3 Å². The summed E-state index contributed by atoms with van der Waals surface area (Å²) in [7, 11) is 0. The molecule has 3 aromatic rings. The molecule has 1 aromatic heterocycles. The zero-order chi connectivity index (χ0) is 17.6. The smallest absolute Gasteiger partial charge is 0.270 e. The maximum absolute atomic E-state index is 10.9. The van der Waals surface area contributed by atoms with Crippen LogP contribution in [0, 0.1) is 21.4 Å². The summed E-state index contributed by atoms with van der Waals surface area (Å²) >= 11 is 0. The molecule has 0 aliphatic carbocycles. The molecule has 0 bridgehead atoms. The number of nitriles is 1. The average Bonchev–Trinajstić information content (AvgIpc) is 2.67. The average molecular weight is 330 g/mol. The zero-order valence-corrected chi connectivity index (χ0v) is 13.2. The Bertz CT molecular complexity index is 882. The Hall–Kier alpha value is -3.72. The molecule has 0 fully saturated rings. The number of aromatic nitrogens is 1. The molecule has 0 amide bonds. The molecular formula is C19H14N4O2. The molecular weight excluding hydrogens is 316 g/mol. The topological polar surface area (TPSA) is 91.8 Å². The Morgan fingerprint density at radius 2 is 1.72 bits per heavy atom. The first-order valence-electron chi connectivity index (χ1n) is 7.59. The number of nitro groups is 1. The first kappa shape index (κ1) is 16.1. The quantitative estimate of drug-likeness (QED) is 0.562. The standard InChI is InChI=1S/C19H14N4O2/c20-13-16-12-17(23(24)25)6-7-18(16)22-19(14-4-2-1-3-5-14)15-8-10-21-11-9-15/h1-12,19,22H/t19-/m1/s1. The van der Waals surface area contributed by atoms with Gasteiger partial charge in [0.1, 0.15) is 6.07 Å². The summed E-state index contributed by atoms with van der Waals surface area (Å²) in [6.45, 7) is 0. The third-order valence-electron chi connectivity index (χ3n) is 3.81. The first-order chi connectivity index (χ1) is 12.2. The Morgan fingerprint density at radius 3 is 2.36 bits per heavy atom. The minimum Gasteiger partial charge on any atom is -0.373 e. The van der Waals surface area contributed by atoms with Crippen molar-refractivity contribution in [2.75, 3.05) is 5.32 Å². The Morgan fingerprint density at radius 1 is 1.04 bits per heavy atom. The molecule has 1 N–H and O–H groups in total. The summed E-state index contributed by atoms with van der Waals surface area (Å²) < 4.78 is 0. The molecule has 0 spiro atoms. The van der Waals surface area contributed by atoms with E-state index in [2.05, 4.69) is 10.3 Å². The predicted octanol–water partition coefficient (Wildman–Crippen LogP) is 4.06. The number of hydrogen-bond donors (Lipinski definition) is 1. The zero-order valence-electron chi connectivity index (χ0n) is 13.2. The SMILES string of the molecule is N#Cc1cc([N+](=O)[O-])ccc1N[C@H](c1ccccc1)c1ccncc1. The number of nitro benzene ring substituents is 1. The lowest BCUT2D eigenvalue weighted by Gasteiger charge is -2.21. The van der Waals surface area contributed by atoms with Gasteiger partial charge in [-0.3, -0.25) is 15.1 Å². The molecule has 6 heteroatoms. The predicted molar refractivity (Wildman–Crippen MR) is 94.0 cm³/mol. The molecule has 0 saturated carbocycles. The molecule has 0 unspecified atom stereocenters. The number of nitrogens with zero attached hydrogens (tertiary/aromatic N) is 3. The molecule has 6 nitrogen and oxygen atoms in total. The highest BCUT2D eigenvalue weighted by molar-refractivity contribution is 5.63. The van der Waals surface area contributed by atoms with E-state index in [1.54, 1.807) is 18.5 Å². The molecule has 25 heavy (non-hydrogen) atoms.